The molecule has 3 aromatic heterocycles. The minimum atomic E-state index is -3.62. The Hall–Kier alpha value is -4.73. The van der Waals surface area contributed by atoms with Gasteiger partial charge in [-0.2, -0.15) is 4.98 Å². The van der Waals surface area contributed by atoms with Crippen LogP contribution in [-0.2, 0) is 10.0 Å². The van der Waals surface area contributed by atoms with Gasteiger partial charge >= 0.3 is 0 Å². The molecule has 0 radical (unpaired) electrons. The number of likely N-dealkylation sites (N-methyl/N-ethyl adjacent to an activating group) is 1. The van der Waals surface area contributed by atoms with E-state index in [1.807, 2.05) is 6.07 Å². The molecule has 2 fully saturated rings. The molecular weight excluding hydrogens is 643 g/mol. The summed E-state index contributed by atoms with van der Waals surface area (Å²) < 4.78 is 32.5. The Kier molecular flexibility index (Phi) is 8.90. The fourth-order valence-electron chi connectivity index (χ4n) is 6.89. The molecule has 0 unspecified atom stereocenters. The topological polar surface area (TPSA) is 148 Å². The number of nitrogens with one attached hydrogen (secondary N) is 3. The van der Waals surface area contributed by atoms with Crippen LogP contribution in [0.4, 0.5) is 34.5 Å². The van der Waals surface area contributed by atoms with Crippen molar-refractivity contribution in [3.05, 3.63) is 54.5 Å². The first kappa shape index (κ1) is 32.8. The van der Waals surface area contributed by atoms with Crippen LogP contribution in [0.3, 0.4) is 0 Å². The van der Waals surface area contributed by atoms with E-state index in [0.717, 1.165) is 69.6 Å². The highest BCUT2D eigenvalue weighted by atomic mass is 32.2. The maximum atomic E-state index is 12.7. The van der Waals surface area contributed by atoms with E-state index in [1.165, 1.54) is 17.0 Å². The van der Waals surface area contributed by atoms with Gasteiger partial charge in [0.05, 0.1) is 35.8 Å². The lowest BCUT2D eigenvalue weighted by Crippen LogP contribution is -2.52. The monoisotopic (exact) mass is 685 g/mol. The van der Waals surface area contributed by atoms with Crippen molar-refractivity contribution in [1.82, 2.24) is 34.7 Å². The first-order chi connectivity index (χ1) is 23.6. The third-order valence-electron chi connectivity index (χ3n) is 9.71. The number of hydrogen-bond donors (Lipinski definition) is 3. The summed E-state index contributed by atoms with van der Waals surface area (Å²) in [4.78, 5) is 29.2. The first-order valence-corrected chi connectivity index (χ1v) is 18.4. The molecule has 258 valence electrons. The van der Waals surface area contributed by atoms with Gasteiger partial charge in [-0.25, -0.2) is 13.4 Å². The predicted octanol–water partition coefficient (Wildman–Crippen LogP) is 4.32. The van der Waals surface area contributed by atoms with E-state index in [9.17, 15) is 8.42 Å². The van der Waals surface area contributed by atoms with E-state index < -0.39 is 10.0 Å². The predicted molar refractivity (Wildman–Crippen MR) is 195 cm³/mol. The average Bonchev–Trinajstić information content (AvgIpc) is 3.57. The number of benzene rings is 2. The van der Waals surface area contributed by atoms with Gasteiger partial charge in [0.2, 0.25) is 16.0 Å². The number of hydrogen-bond acceptors (Lipinski definition) is 12. The zero-order valence-corrected chi connectivity index (χ0v) is 29.4. The van der Waals surface area contributed by atoms with Crippen LogP contribution in [0.1, 0.15) is 18.4 Å². The summed E-state index contributed by atoms with van der Waals surface area (Å²) in [6.07, 6.45) is 8.35. The number of aromatic amines is 1. The third kappa shape index (κ3) is 6.65. The van der Waals surface area contributed by atoms with Crippen molar-refractivity contribution in [3.63, 3.8) is 0 Å². The normalized spacial score (nSPS) is 16.7. The molecule has 2 aliphatic rings. The highest BCUT2D eigenvalue weighted by Gasteiger charge is 2.28. The van der Waals surface area contributed by atoms with E-state index in [0.29, 0.717) is 57.0 Å². The van der Waals surface area contributed by atoms with E-state index in [2.05, 4.69) is 66.4 Å². The molecule has 15 heteroatoms. The highest BCUT2D eigenvalue weighted by molar-refractivity contribution is 7.92. The maximum Gasteiger partial charge on any atom is 0.232 e. The number of ether oxygens (including phenoxy) is 1. The second kappa shape index (κ2) is 13.3. The van der Waals surface area contributed by atoms with Gasteiger partial charge in [0.1, 0.15) is 22.5 Å². The average molecular weight is 686 g/mol. The molecule has 0 amide bonds. The quantitative estimate of drug-likeness (QED) is 0.203. The first-order valence-electron chi connectivity index (χ1n) is 16.5. The molecule has 5 heterocycles. The number of piperazine rings is 1. The molecule has 0 atom stereocenters. The van der Waals surface area contributed by atoms with Crippen LogP contribution in [0.15, 0.2) is 48.9 Å². The standard InChI is InChI=1S/C34H43N11O3S/c1-22-20-27(29(48-4)21-28(22)45-14-9-23(10-15-45)44-18-16-42(2)17-19-44)40-34-39-25-8-11-36-31(25)33(41-34)38-26-7-6-24-30(37-13-12-35-24)32(26)43(3)49(5,46)47/h6-8,11-13,20-21,23,36H,9-10,14-19H2,1-5H3,(H2,38,39,40,41). The molecule has 3 N–H and O–H groups in total. The number of sulfonamides is 1. The van der Waals surface area contributed by atoms with Gasteiger partial charge in [-0.05, 0) is 56.6 Å². The number of piperidine rings is 1. The minimum Gasteiger partial charge on any atom is -0.494 e. The van der Waals surface area contributed by atoms with E-state index in [4.69, 9.17) is 14.7 Å². The smallest absolute Gasteiger partial charge is 0.232 e. The number of nitrogens with zero attached hydrogens (tertiary/aromatic N) is 8. The molecule has 14 nitrogen and oxygen atoms in total. The Morgan fingerprint density at radius 2 is 1.69 bits per heavy atom. The van der Waals surface area contributed by atoms with Crippen LogP contribution >= 0.6 is 0 Å². The van der Waals surface area contributed by atoms with Crippen molar-refractivity contribution in [2.75, 3.05) is 86.6 Å². The molecule has 49 heavy (non-hydrogen) atoms. The van der Waals surface area contributed by atoms with Crippen molar-refractivity contribution in [1.29, 1.82) is 0 Å². The van der Waals surface area contributed by atoms with Gasteiger partial charge in [0.25, 0.3) is 0 Å². The van der Waals surface area contributed by atoms with Crippen molar-refractivity contribution in [3.8, 4) is 5.75 Å². The third-order valence-corrected chi connectivity index (χ3v) is 10.9. The van der Waals surface area contributed by atoms with Gasteiger partial charge in [0.15, 0.2) is 5.82 Å². The Bertz CT molecular complexity index is 2090. The van der Waals surface area contributed by atoms with Gasteiger partial charge in [-0.1, -0.05) is 0 Å². The molecule has 0 aliphatic carbocycles. The van der Waals surface area contributed by atoms with Crippen LogP contribution in [0.5, 0.6) is 5.75 Å². The van der Waals surface area contributed by atoms with Gasteiger partial charge in [-0.15, -0.1) is 0 Å². The van der Waals surface area contributed by atoms with Gasteiger partial charge in [0, 0.05) is 82.7 Å². The molecule has 7 rings (SSSR count). The maximum absolute atomic E-state index is 12.7. The Labute approximate surface area is 286 Å². The second-order valence-electron chi connectivity index (χ2n) is 12.9. The lowest BCUT2D eigenvalue weighted by atomic mass is 10.0. The Morgan fingerprint density at radius 1 is 0.939 bits per heavy atom. The summed E-state index contributed by atoms with van der Waals surface area (Å²) in [5.41, 5.74) is 6.26. The Morgan fingerprint density at radius 3 is 2.43 bits per heavy atom. The molecule has 0 spiro atoms. The fourth-order valence-corrected chi connectivity index (χ4v) is 7.41. The van der Waals surface area contributed by atoms with Crippen LogP contribution in [-0.4, -0.2) is 116 Å². The number of aryl methyl sites for hydroxylation is 1. The molecule has 2 aliphatic heterocycles. The molecule has 0 bridgehead atoms. The lowest BCUT2D eigenvalue weighted by molar-refractivity contribution is 0.0982. The number of rotatable bonds is 9. The van der Waals surface area contributed by atoms with Crippen molar-refractivity contribution >= 4 is 66.6 Å². The summed E-state index contributed by atoms with van der Waals surface area (Å²) in [5.74, 6) is 1.50. The van der Waals surface area contributed by atoms with Crippen LogP contribution in [0.25, 0.3) is 22.1 Å². The fraction of sp³-hybridized carbons (Fsp3) is 0.412. The lowest BCUT2D eigenvalue weighted by Gasteiger charge is -2.43. The SMILES string of the molecule is COc1cc(N2CCC(N3CCN(C)CC3)CC2)c(C)cc1Nc1nc(Nc2ccc3nccnc3c2N(C)S(C)(=O)=O)c2[nH]ccc2n1. The van der Waals surface area contributed by atoms with Crippen molar-refractivity contribution in [2.24, 2.45) is 0 Å². The van der Waals surface area contributed by atoms with Crippen LogP contribution in [0.2, 0.25) is 0 Å². The number of fused-ring (bicyclic) bond motifs is 2. The van der Waals surface area contributed by atoms with E-state index in [1.54, 1.807) is 37.8 Å². The van der Waals surface area contributed by atoms with E-state index >= 15 is 0 Å². The zero-order chi connectivity index (χ0) is 34.3. The summed E-state index contributed by atoms with van der Waals surface area (Å²) in [6.45, 7) is 8.72. The number of aromatic nitrogens is 5. The Balaban J connectivity index is 1.16. The van der Waals surface area contributed by atoms with Gasteiger partial charge in [-0.3, -0.25) is 19.2 Å². The second-order valence-corrected chi connectivity index (χ2v) is 14.9. The van der Waals surface area contributed by atoms with Crippen LogP contribution in [0, 0.1) is 6.92 Å². The molecule has 2 aromatic carbocycles. The largest absolute Gasteiger partial charge is 0.494 e. The number of H-pyrrole nitrogens is 1. The molecular formula is C34H43N11O3S. The zero-order valence-electron chi connectivity index (χ0n) is 28.6. The minimum absolute atomic E-state index is 0.353. The summed E-state index contributed by atoms with van der Waals surface area (Å²) in [7, 11) is 1.75. The molecule has 5 aromatic rings. The van der Waals surface area contributed by atoms with Crippen molar-refractivity contribution in [2.45, 2.75) is 25.8 Å². The van der Waals surface area contributed by atoms with Gasteiger partial charge < -0.3 is 30.2 Å². The summed E-state index contributed by atoms with van der Waals surface area (Å²) >= 11 is 0. The molecule has 2 saturated heterocycles. The van der Waals surface area contributed by atoms with Crippen molar-refractivity contribution < 1.29 is 13.2 Å². The van der Waals surface area contributed by atoms with E-state index in [-0.39, 0.29) is 0 Å². The highest BCUT2D eigenvalue weighted by Crippen LogP contribution is 2.38. The number of methoxy groups -OCH3 is 1. The summed E-state index contributed by atoms with van der Waals surface area (Å²) in [6, 6.07) is 10.3. The summed E-state index contributed by atoms with van der Waals surface area (Å²) in [5, 5.41) is 6.74. The van der Waals surface area contributed by atoms with Crippen LogP contribution < -0.4 is 24.6 Å². The number of anilines is 6. The molecule has 0 saturated carbocycles.